The molecule has 0 bridgehead atoms. The molecule has 0 radical (unpaired) electrons. The lowest BCUT2D eigenvalue weighted by molar-refractivity contribution is -0.116. The third-order valence-corrected chi connectivity index (χ3v) is 4.17. The smallest absolute Gasteiger partial charge is 0.224 e. The first-order chi connectivity index (χ1) is 12.5. The van der Waals surface area contributed by atoms with Crippen molar-refractivity contribution in [3.05, 3.63) is 59.4 Å². The first-order valence-electron chi connectivity index (χ1n) is 8.84. The molecule has 0 spiro atoms. The molecule has 0 heterocycles. The summed E-state index contributed by atoms with van der Waals surface area (Å²) in [4.78, 5) is 23.9. The number of benzene rings is 2. The van der Waals surface area contributed by atoms with Crippen LogP contribution in [0.15, 0.2) is 42.5 Å². The van der Waals surface area contributed by atoms with Crippen molar-refractivity contribution in [3.63, 3.8) is 0 Å². The second kappa shape index (κ2) is 9.70. The van der Waals surface area contributed by atoms with Gasteiger partial charge in [0.25, 0.3) is 0 Å². The van der Waals surface area contributed by atoms with Crippen LogP contribution in [0, 0.1) is 12.7 Å². The number of hydrogen-bond donors (Lipinski definition) is 2. The molecular formula is C21H24FNO3. The minimum absolute atomic E-state index is 0.148. The average Bonchev–Trinajstić information content (AvgIpc) is 2.61. The molecule has 0 saturated carbocycles. The van der Waals surface area contributed by atoms with Crippen LogP contribution in [0.2, 0.25) is 0 Å². The van der Waals surface area contributed by atoms with Gasteiger partial charge in [0, 0.05) is 24.5 Å². The van der Waals surface area contributed by atoms with Crippen LogP contribution in [-0.2, 0) is 4.79 Å². The zero-order valence-corrected chi connectivity index (χ0v) is 14.9. The van der Waals surface area contributed by atoms with Crippen molar-refractivity contribution in [2.45, 2.75) is 45.4 Å². The number of amides is 1. The molecule has 0 aliphatic carbocycles. The van der Waals surface area contributed by atoms with Crippen molar-refractivity contribution in [2.24, 2.45) is 0 Å². The topological polar surface area (TPSA) is 66.4 Å². The van der Waals surface area contributed by atoms with Gasteiger partial charge >= 0.3 is 0 Å². The van der Waals surface area contributed by atoms with Crippen LogP contribution >= 0.6 is 0 Å². The van der Waals surface area contributed by atoms with Gasteiger partial charge in [0.15, 0.2) is 5.78 Å². The number of rotatable bonds is 9. The van der Waals surface area contributed by atoms with Crippen molar-refractivity contribution in [1.82, 2.24) is 0 Å². The van der Waals surface area contributed by atoms with E-state index in [0.717, 1.165) is 36.5 Å². The summed E-state index contributed by atoms with van der Waals surface area (Å²) < 4.78 is 12.9. The third kappa shape index (κ3) is 6.31. The van der Waals surface area contributed by atoms with Gasteiger partial charge in [-0.2, -0.15) is 0 Å². The van der Waals surface area contributed by atoms with Gasteiger partial charge < -0.3 is 10.4 Å². The Kier molecular flexibility index (Phi) is 7.33. The van der Waals surface area contributed by atoms with E-state index in [1.807, 2.05) is 31.2 Å². The zero-order chi connectivity index (χ0) is 18.9. The Balaban J connectivity index is 1.60. The number of aromatic hydroxyl groups is 1. The number of ketones is 1. The van der Waals surface area contributed by atoms with Crippen molar-refractivity contribution in [3.8, 4) is 5.75 Å². The van der Waals surface area contributed by atoms with Gasteiger partial charge in [-0.25, -0.2) is 4.39 Å². The minimum atomic E-state index is -0.555. The van der Waals surface area contributed by atoms with E-state index < -0.39 is 5.82 Å². The monoisotopic (exact) mass is 357 g/mol. The average molecular weight is 357 g/mol. The zero-order valence-electron chi connectivity index (χ0n) is 14.9. The largest absolute Gasteiger partial charge is 0.506 e. The summed E-state index contributed by atoms with van der Waals surface area (Å²) in [6.45, 7) is 1.99. The Morgan fingerprint density at radius 1 is 0.962 bits per heavy atom. The number of aryl methyl sites for hydroxylation is 1. The number of nitrogens with one attached hydrogen (secondary N) is 1. The molecule has 0 atom stereocenters. The number of carbonyl (C=O) groups is 2. The van der Waals surface area contributed by atoms with E-state index in [4.69, 9.17) is 0 Å². The summed E-state index contributed by atoms with van der Waals surface area (Å²) in [5.41, 5.74) is 2.09. The SMILES string of the molecule is Cc1ccc(C(=O)CCCCCCC(=O)Nc2ccc(F)cc2O)cc1. The van der Waals surface area contributed by atoms with Gasteiger partial charge in [0.05, 0.1) is 5.69 Å². The fraction of sp³-hybridized carbons (Fsp3) is 0.333. The number of unbranched alkanes of at least 4 members (excludes halogenated alkanes) is 3. The van der Waals surface area contributed by atoms with Crippen molar-refractivity contribution in [1.29, 1.82) is 0 Å². The van der Waals surface area contributed by atoms with Gasteiger partial charge in [0.1, 0.15) is 11.6 Å². The summed E-state index contributed by atoms with van der Waals surface area (Å²) >= 11 is 0. The van der Waals surface area contributed by atoms with Crippen LogP contribution in [0.25, 0.3) is 0 Å². The van der Waals surface area contributed by atoms with Crippen LogP contribution in [0.4, 0.5) is 10.1 Å². The Morgan fingerprint density at radius 3 is 2.27 bits per heavy atom. The molecule has 138 valence electrons. The third-order valence-electron chi connectivity index (χ3n) is 4.17. The summed E-state index contributed by atoms with van der Waals surface area (Å²) in [6, 6.07) is 11.1. The molecule has 26 heavy (non-hydrogen) atoms. The maximum Gasteiger partial charge on any atom is 0.224 e. The van der Waals surface area contributed by atoms with E-state index in [1.54, 1.807) is 0 Å². The van der Waals surface area contributed by atoms with E-state index in [0.29, 0.717) is 19.3 Å². The lowest BCUT2D eigenvalue weighted by Gasteiger charge is -2.07. The number of carbonyl (C=O) groups excluding carboxylic acids is 2. The lowest BCUT2D eigenvalue weighted by atomic mass is 10.0. The fourth-order valence-electron chi connectivity index (χ4n) is 2.63. The van der Waals surface area contributed by atoms with Gasteiger partial charge in [0.2, 0.25) is 5.91 Å². The highest BCUT2D eigenvalue weighted by atomic mass is 19.1. The predicted octanol–water partition coefficient (Wildman–Crippen LogP) is 5.00. The van der Waals surface area contributed by atoms with Crippen molar-refractivity contribution in [2.75, 3.05) is 5.32 Å². The van der Waals surface area contributed by atoms with Gasteiger partial charge in [-0.15, -0.1) is 0 Å². The van der Waals surface area contributed by atoms with Crippen molar-refractivity contribution < 1.29 is 19.1 Å². The Labute approximate surface area is 153 Å². The van der Waals surface area contributed by atoms with E-state index in [-0.39, 0.29) is 23.1 Å². The summed E-state index contributed by atoms with van der Waals surface area (Å²) in [5.74, 6) is -0.911. The van der Waals surface area contributed by atoms with Gasteiger partial charge in [-0.05, 0) is 31.9 Å². The van der Waals surface area contributed by atoms with Gasteiger partial charge in [-0.3, -0.25) is 9.59 Å². The van der Waals surface area contributed by atoms with Crippen molar-refractivity contribution >= 4 is 17.4 Å². The minimum Gasteiger partial charge on any atom is -0.506 e. The van der Waals surface area contributed by atoms with Crippen LogP contribution in [0.1, 0.15) is 54.4 Å². The Morgan fingerprint density at radius 2 is 1.62 bits per heavy atom. The number of anilines is 1. The molecule has 1 amide bonds. The standard InChI is InChI=1S/C21H24FNO3/c1-15-8-10-16(11-9-15)19(24)6-4-2-3-5-7-21(26)23-18-13-12-17(22)14-20(18)25/h8-14,25H,2-7H2,1H3,(H,23,26). The summed E-state index contributed by atoms with van der Waals surface area (Å²) in [7, 11) is 0. The Bertz CT molecular complexity index is 756. The quantitative estimate of drug-likeness (QED) is 0.377. The molecule has 2 aromatic rings. The number of phenols is 1. The normalized spacial score (nSPS) is 10.5. The number of phenolic OH excluding ortho intramolecular Hbond substituents is 1. The van der Waals surface area contributed by atoms with Gasteiger partial charge in [-0.1, -0.05) is 42.7 Å². The molecule has 0 aliphatic rings. The van der Waals surface area contributed by atoms with Crippen LogP contribution in [0.3, 0.4) is 0 Å². The molecule has 2 aromatic carbocycles. The first kappa shape index (κ1) is 19.6. The molecule has 0 fully saturated rings. The highest BCUT2D eigenvalue weighted by molar-refractivity contribution is 5.96. The highest BCUT2D eigenvalue weighted by Crippen LogP contribution is 2.23. The number of Topliss-reactive ketones (excluding diaryl/α,β-unsaturated/α-hetero) is 1. The number of halogens is 1. The summed E-state index contributed by atoms with van der Waals surface area (Å²) in [6.07, 6.45) is 4.07. The Hall–Kier alpha value is -2.69. The van der Waals surface area contributed by atoms with E-state index in [9.17, 15) is 19.1 Å². The van der Waals surface area contributed by atoms with Crippen LogP contribution in [-0.4, -0.2) is 16.8 Å². The van der Waals surface area contributed by atoms with E-state index in [1.165, 1.54) is 12.1 Å². The number of hydrogen-bond acceptors (Lipinski definition) is 3. The highest BCUT2D eigenvalue weighted by Gasteiger charge is 2.08. The molecule has 5 heteroatoms. The summed E-state index contributed by atoms with van der Waals surface area (Å²) in [5, 5.41) is 12.1. The second-order valence-corrected chi connectivity index (χ2v) is 6.41. The molecular weight excluding hydrogens is 333 g/mol. The predicted molar refractivity (Wildman–Crippen MR) is 99.9 cm³/mol. The fourth-order valence-corrected chi connectivity index (χ4v) is 2.63. The maximum atomic E-state index is 12.9. The first-order valence-corrected chi connectivity index (χ1v) is 8.84. The van der Waals surface area contributed by atoms with E-state index >= 15 is 0 Å². The van der Waals surface area contributed by atoms with E-state index in [2.05, 4.69) is 5.32 Å². The van der Waals surface area contributed by atoms with Crippen LogP contribution in [0.5, 0.6) is 5.75 Å². The molecule has 0 saturated heterocycles. The lowest BCUT2D eigenvalue weighted by Crippen LogP contribution is -2.11. The molecule has 0 aliphatic heterocycles. The van der Waals surface area contributed by atoms with Crippen LogP contribution < -0.4 is 5.32 Å². The maximum absolute atomic E-state index is 12.9. The second-order valence-electron chi connectivity index (χ2n) is 6.41. The molecule has 2 rings (SSSR count). The molecule has 2 N–H and O–H groups in total. The molecule has 4 nitrogen and oxygen atoms in total. The molecule has 0 aromatic heterocycles. The molecule has 0 unspecified atom stereocenters.